The van der Waals surface area contributed by atoms with Crippen molar-refractivity contribution in [1.29, 1.82) is 5.26 Å². The summed E-state index contributed by atoms with van der Waals surface area (Å²) in [6.45, 7) is 16.7. The van der Waals surface area contributed by atoms with Crippen LogP contribution in [0.2, 0.25) is 0 Å². The number of allylic oxidation sites excluding steroid dienone is 2. The molecule has 192 valence electrons. The minimum absolute atomic E-state index is 0.00723. The van der Waals surface area contributed by atoms with E-state index in [4.69, 9.17) is 5.73 Å². The van der Waals surface area contributed by atoms with E-state index in [1.54, 1.807) is 0 Å². The van der Waals surface area contributed by atoms with Gasteiger partial charge in [0.25, 0.3) is 0 Å². The van der Waals surface area contributed by atoms with Crippen molar-refractivity contribution in [3.63, 3.8) is 0 Å². The Hall–Kier alpha value is -1.47. The Balaban J connectivity index is 1.63. The Morgan fingerprint density at radius 1 is 0.943 bits per heavy atom. The van der Waals surface area contributed by atoms with Gasteiger partial charge in [-0.1, -0.05) is 54.5 Å². The molecule has 5 rings (SSSR count). The molecule has 0 aromatic heterocycles. The average Bonchev–Trinajstić information content (AvgIpc) is 2.77. The summed E-state index contributed by atoms with van der Waals surface area (Å²) in [5.74, 6) is 1.15. The molecule has 0 spiro atoms. The van der Waals surface area contributed by atoms with Crippen LogP contribution in [0.25, 0.3) is 0 Å². The molecule has 0 radical (unpaired) electrons. The van der Waals surface area contributed by atoms with E-state index < -0.39 is 5.41 Å². The van der Waals surface area contributed by atoms with Gasteiger partial charge in [-0.25, -0.2) is 0 Å². The number of nitrogens with two attached hydrogens (primary N) is 1. The highest BCUT2D eigenvalue weighted by Gasteiger charge is 2.71. The Labute approximate surface area is 212 Å². The molecular formula is C31H46N2O2. The second kappa shape index (κ2) is 7.31. The normalized spacial score (nSPS) is 50.1. The van der Waals surface area contributed by atoms with Crippen LogP contribution in [-0.4, -0.2) is 18.1 Å². The second-order valence-electron chi connectivity index (χ2n) is 15.3. The number of rotatable bonds is 1. The van der Waals surface area contributed by atoms with E-state index in [0.29, 0.717) is 30.2 Å². The molecule has 0 heterocycles. The number of Topliss-reactive ketones (excluding diaryl/α,β-unsaturated/α-hetero) is 2. The zero-order valence-electron chi connectivity index (χ0n) is 23.1. The Bertz CT molecular complexity index is 1050. The van der Waals surface area contributed by atoms with E-state index in [0.717, 1.165) is 38.5 Å². The number of carbonyl (C=O) groups excluding carboxylic acids is 2. The largest absolute Gasteiger partial charge is 0.330 e. The fraction of sp³-hybridized carbons (Fsp3) is 0.839. The molecule has 4 nitrogen and oxygen atoms in total. The maximum Gasteiger partial charge on any atom is 0.178 e. The molecule has 5 aliphatic rings. The summed E-state index contributed by atoms with van der Waals surface area (Å²) in [7, 11) is 0. The molecule has 0 aromatic rings. The van der Waals surface area contributed by atoms with E-state index in [1.165, 1.54) is 6.42 Å². The maximum absolute atomic E-state index is 14.4. The van der Waals surface area contributed by atoms with Gasteiger partial charge in [-0.05, 0) is 96.3 Å². The van der Waals surface area contributed by atoms with E-state index in [1.807, 2.05) is 19.9 Å². The summed E-state index contributed by atoms with van der Waals surface area (Å²) in [6, 6.07) is 2.22. The van der Waals surface area contributed by atoms with Gasteiger partial charge in [-0.15, -0.1) is 0 Å². The molecule has 4 fully saturated rings. The smallest absolute Gasteiger partial charge is 0.178 e. The molecule has 8 atom stereocenters. The van der Waals surface area contributed by atoms with Gasteiger partial charge in [0.1, 0.15) is 11.9 Å². The molecule has 5 aliphatic carbocycles. The maximum atomic E-state index is 14.4. The number of hydrogen-bond donors (Lipinski definition) is 1. The number of hydrogen-bond acceptors (Lipinski definition) is 4. The van der Waals surface area contributed by atoms with Gasteiger partial charge >= 0.3 is 0 Å². The highest BCUT2D eigenvalue weighted by Crippen LogP contribution is 2.75. The van der Waals surface area contributed by atoms with Gasteiger partial charge in [-0.2, -0.15) is 5.26 Å². The Morgan fingerprint density at radius 2 is 1.60 bits per heavy atom. The van der Waals surface area contributed by atoms with Crippen molar-refractivity contribution in [2.75, 3.05) is 6.54 Å². The first kappa shape index (κ1) is 25.2. The van der Waals surface area contributed by atoms with Crippen molar-refractivity contribution < 1.29 is 9.59 Å². The third-order valence-corrected chi connectivity index (χ3v) is 13.1. The molecule has 0 bridgehead atoms. The van der Waals surface area contributed by atoms with Crippen LogP contribution in [0, 0.1) is 67.5 Å². The molecule has 0 aromatic carbocycles. The molecule has 1 unspecified atom stereocenters. The number of carbonyl (C=O) groups is 2. The number of nitriles is 1. The third-order valence-electron chi connectivity index (χ3n) is 13.1. The lowest BCUT2D eigenvalue weighted by molar-refractivity contribution is -0.221. The van der Waals surface area contributed by atoms with Crippen molar-refractivity contribution in [1.82, 2.24) is 0 Å². The van der Waals surface area contributed by atoms with Crippen molar-refractivity contribution in [2.45, 2.75) is 99.8 Å². The minimum Gasteiger partial charge on any atom is -0.330 e. The zero-order valence-corrected chi connectivity index (χ0v) is 23.1. The molecule has 35 heavy (non-hydrogen) atoms. The topological polar surface area (TPSA) is 83.9 Å². The number of fused-ring (bicyclic) bond motifs is 7. The molecule has 0 aliphatic heterocycles. The second-order valence-corrected chi connectivity index (χ2v) is 15.3. The van der Waals surface area contributed by atoms with Crippen LogP contribution >= 0.6 is 0 Å². The zero-order chi connectivity index (χ0) is 25.8. The first-order valence-corrected chi connectivity index (χ1v) is 14.0. The van der Waals surface area contributed by atoms with Crippen LogP contribution in [0.1, 0.15) is 99.8 Å². The molecule has 4 heteroatoms. The predicted molar refractivity (Wildman–Crippen MR) is 138 cm³/mol. The van der Waals surface area contributed by atoms with Gasteiger partial charge in [0.2, 0.25) is 0 Å². The van der Waals surface area contributed by atoms with E-state index >= 15 is 0 Å². The van der Waals surface area contributed by atoms with E-state index in [2.05, 4.69) is 40.7 Å². The van der Waals surface area contributed by atoms with Crippen molar-refractivity contribution in [3.8, 4) is 6.07 Å². The Morgan fingerprint density at radius 3 is 2.23 bits per heavy atom. The van der Waals surface area contributed by atoms with Crippen LogP contribution in [0.4, 0.5) is 0 Å². The van der Waals surface area contributed by atoms with Gasteiger partial charge in [0.05, 0.1) is 5.57 Å². The monoisotopic (exact) mass is 478 g/mol. The predicted octanol–water partition coefficient (Wildman–Crippen LogP) is 6.24. The first-order valence-electron chi connectivity index (χ1n) is 14.0. The van der Waals surface area contributed by atoms with Crippen LogP contribution < -0.4 is 5.73 Å². The van der Waals surface area contributed by atoms with Crippen molar-refractivity contribution >= 4 is 11.6 Å². The standard InChI is InChI=1S/C31H46N2O2/c1-26(2)10-12-31(18-33)13-11-30(7)24(20(31)16-26)21(34)14-23-28(5)15-19(17-32)25(35)27(3,4)22(28)8-9-29(23,30)6/h15,20,22-24H,8-14,16,18,33H2,1-7H3/t20-,22+,23-,24?,28+,29-,30-,31-/m1/s1. The third kappa shape index (κ3) is 3.00. The molecule has 2 N–H and O–H groups in total. The van der Waals surface area contributed by atoms with E-state index in [9.17, 15) is 14.9 Å². The van der Waals surface area contributed by atoms with Crippen LogP contribution in [0.3, 0.4) is 0 Å². The minimum atomic E-state index is -0.578. The summed E-state index contributed by atoms with van der Waals surface area (Å²) in [4.78, 5) is 27.5. The highest BCUT2D eigenvalue weighted by atomic mass is 16.1. The fourth-order valence-electron chi connectivity index (χ4n) is 10.8. The average molecular weight is 479 g/mol. The number of nitrogens with zero attached hydrogens (tertiary/aromatic N) is 1. The van der Waals surface area contributed by atoms with Crippen molar-refractivity contribution in [2.24, 2.45) is 61.9 Å². The quantitative estimate of drug-likeness (QED) is 0.483. The summed E-state index contributed by atoms with van der Waals surface area (Å²) < 4.78 is 0. The van der Waals surface area contributed by atoms with Gasteiger partial charge < -0.3 is 5.73 Å². The lowest BCUT2D eigenvalue weighted by atomic mass is 9.31. The summed E-state index contributed by atoms with van der Waals surface area (Å²) >= 11 is 0. The fourth-order valence-corrected chi connectivity index (χ4v) is 10.8. The lowest BCUT2D eigenvalue weighted by Gasteiger charge is -2.72. The molecule has 0 amide bonds. The van der Waals surface area contributed by atoms with Gasteiger partial charge in [0, 0.05) is 17.8 Å². The summed E-state index contributed by atoms with van der Waals surface area (Å²) in [5, 5.41) is 9.86. The molecular weight excluding hydrogens is 432 g/mol. The first-order chi connectivity index (χ1) is 16.1. The van der Waals surface area contributed by atoms with E-state index in [-0.39, 0.29) is 50.6 Å². The van der Waals surface area contributed by atoms with Crippen LogP contribution in [-0.2, 0) is 9.59 Å². The number of ketones is 2. The van der Waals surface area contributed by atoms with Crippen molar-refractivity contribution in [3.05, 3.63) is 11.6 Å². The Kier molecular flexibility index (Phi) is 5.26. The van der Waals surface area contributed by atoms with Crippen LogP contribution in [0.15, 0.2) is 11.6 Å². The SMILES string of the molecule is CC1(C)CC[C@]2(CN)CC[C@]3(C)C(C(=O)C[C@@H]4[C@@]5(C)C=C(C#N)C(=O)C(C)(C)[C@@H]5CC[C@]43C)[C@H]2C1. The van der Waals surface area contributed by atoms with Gasteiger partial charge in [0.15, 0.2) is 5.78 Å². The molecule has 4 saturated carbocycles. The lowest BCUT2D eigenvalue weighted by Crippen LogP contribution is -2.69. The van der Waals surface area contributed by atoms with Gasteiger partial charge in [-0.3, -0.25) is 9.59 Å². The molecule has 0 saturated heterocycles. The summed E-state index contributed by atoms with van der Waals surface area (Å²) in [6.07, 6.45) is 10.2. The highest BCUT2D eigenvalue weighted by molar-refractivity contribution is 6.04. The van der Waals surface area contributed by atoms with Crippen LogP contribution in [0.5, 0.6) is 0 Å². The summed E-state index contributed by atoms with van der Waals surface area (Å²) in [5.41, 5.74) is 6.18.